The summed E-state index contributed by atoms with van der Waals surface area (Å²) in [5, 5.41) is 4.19. The van der Waals surface area contributed by atoms with Crippen LogP contribution in [0.5, 0.6) is 0 Å². The molecule has 0 fully saturated rings. The van der Waals surface area contributed by atoms with E-state index in [-0.39, 0.29) is 17.6 Å². The van der Waals surface area contributed by atoms with Crippen molar-refractivity contribution in [2.45, 2.75) is 26.4 Å². The summed E-state index contributed by atoms with van der Waals surface area (Å²) in [7, 11) is 0. The van der Waals surface area contributed by atoms with Gasteiger partial charge in [0.05, 0.1) is 5.69 Å². The van der Waals surface area contributed by atoms with E-state index in [2.05, 4.69) is 10.1 Å². The Morgan fingerprint density at radius 1 is 1.15 bits per heavy atom. The molecule has 1 aromatic carbocycles. The molecule has 0 unspecified atom stereocenters. The van der Waals surface area contributed by atoms with Crippen molar-refractivity contribution in [2.24, 2.45) is 0 Å². The van der Waals surface area contributed by atoms with Crippen LogP contribution in [-0.4, -0.2) is 31.6 Å². The van der Waals surface area contributed by atoms with E-state index < -0.39 is 11.4 Å². The SMILES string of the molecule is CC(C)N(Cc1cccnc1)C(=O)c1ccc(=O)n(-c2ccc(F)cc2)n1. The van der Waals surface area contributed by atoms with Crippen molar-refractivity contribution in [2.75, 3.05) is 0 Å². The van der Waals surface area contributed by atoms with Crippen LogP contribution in [0.2, 0.25) is 0 Å². The number of carbonyl (C=O) groups excluding carboxylic acids is 1. The Morgan fingerprint density at radius 2 is 1.89 bits per heavy atom. The third kappa shape index (κ3) is 4.25. The molecule has 0 aliphatic carbocycles. The lowest BCUT2D eigenvalue weighted by Crippen LogP contribution is -2.38. The zero-order chi connectivity index (χ0) is 19.4. The first kappa shape index (κ1) is 18.4. The smallest absolute Gasteiger partial charge is 0.274 e. The fourth-order valence-electron chi connectivity index (χ4n) is 2.62. The maximum absolute atomic E-state index is 13.1. The van der Waals surface area contributed by atoms with Gasteiger partial charge < -0.3 is 4.90 Å². The molecule has 27 heavy (non-hydrogen) atoms. The molecule has 6 nitrogen and oxygen atoms in total. The number of benzene rings is 1. The van der Waals surface area contributed by atoms with E-state index in [4.69, 9.17) is 0 Å². The van der Waals surface area contributed by atoms with Gasteiger partial charge in [-0.2, -0.15) is 9.78 Å². The molecule has 0 bridgehead atoms. The van der Waals surface area contributed by atoms with Crippen LogP contribution < -0.4 is 5.56 Å². The fraction of sp³-hybridized carbons (Fsp3) is 0.200. The average molecular weight is 366 g/mol. The Kier molecular flexibility index (Phi) is 5.40. The third-order valence-electron chi connectivity index (χ3n) is 4.05. The highest BCUT2D eigenvalue weighted by Crippen LogP contribution is 2.12. The minimum atomic E-state index is -0.415. The van der Waals surface area contributed by atoms with Gasteiger partial charge in [0.1, 0.15) is 11.5 Å². The van der Waals surface area contributed by atoms with Crippen LogP contribution in [0.1, 0.15) is 29.9 Å². The van der Waals surface area contributed by atoms with E-state index in [1.165, 1.54) is 36.4 Å². The third-order valence-corrected chi connectivity index (χ3v) is 4.05. The van der Waals surface area contributed by atoms with Crippen LogP contribution in [-0.2, 0) is 6.54 Å². The number of carbonyl (C=O) groups is 1. The second-order valence-corrected chi connectivity index (χ2v) is 6.33. The summed E-state index contributed by atoms with van der Waals surface area (Å²) in [5.74, 6) is -0.716. The molecule has 0 N–H and O–H groups in total. The fourth-order valence-corrected chi connectivity index (χ4v) is 2.62. The van der Waals surface area contributed by atoms with Gasteiger partial charge in [0.25, 0.3) is 11.5 Å². The predicted molar refractivity (Wildman–Crippen MR) is 99.0 cm³/mol. The molecule has 0 atom stereocenters. The monoisotopic (exact) mass is 366 g/mol. The molecule has 0 saturated carbocycles. The second-order valence-electron chi connectivity index (χ2n) is 6.33. The van der Waals surface area contributed by atoms with Gasteiger partial charge in [0.2, 0.25) is 0 Å². The van der Waals surface area contributed by atoms with E-state index in [9.17, 15) is 14.0 Å². The van der Waals surface area contributed by atoms with Crippen molar-refractivity contribution in [3.8, 4) is 5.69 Å². The molecule has 0 spiro atoms. The molecule has 0 saturated heterocycles. The molecule has 3 aromatic rings. The summed E-state index contributed by atoms with van der Waals surface area (Å²) in [5.41, 5.74) is 1.02. The maximum atomic E-state index is 13.1. The highest BCUT2D eigenvalue weighted by Gasteiger charge is 2.21. The first-order chi connectivity index (χ1) is 13.0. The first-order valence-electron chi connectivity index (χ1n) is 8.52. The van der Waals surface area contributed by atoms with Crippen molar-refractivity contribution in [1.82, 2.24) is 19.7 Å². The molecule has 0 radical (unpaired) electrons. The van der Waals surface area contributed by atoms with Crippen LogP contribution in [0.15, 0.2) is 65.7 Å². The summed E-state index contributed by atoms with van der Waals surface area (Å²) in [6, 6.07) is 11.7. The van der Waals surface area contributed by atoms with Gasteiger partial charge in [0, 0.05) is 31.0 Å². The standard InChI is InChI=1S/C20H19FN4O2/c1-14(2)24(13-15-4-3-11-22-12-15)20(27)18-9-10-19(26)25(23-18)17-7-5-16(21)6-8-17/h3-12,14H,13H2,1-2H3. The molecule has 0 aliphatic rings. The molecule has 138 valence electrons. The Labute approximate surface area is 155 Å². The van der Waals surface area contributed by atoms with Gasteiger partial charge in [-0.1, -0.05) is 6.07 Å². The van der Waals surface area contributed by atoms with Crippen molar-refractivity contribution in [3.63, 3.8) is 0 Å². The van der Waals surface area contributed by atoms with Crippen molar-refractivity contribution >= 4 is 5.91 Å². The second kappa shape index (κ2) is 7.90. The van der Waals surface area contributed by atoms with Crippen LogP contribution in [0.3, 0.4) is 0 Å². The number of pyridine rings is 1. The van der Waals surface area contributed by atoms with E-state index in [1.54, 1.807) is 17.3 Å². The zero-order valence-corrected chi connectivity index (χ0v) is 15.0. The van der Waals surface area contributed by atoms with E-state index in [0.29, 0.717) is 12.2 Å². The number of hydrogen-bond donors (Lipinski definition) is 0. The number of rotatable bonds is 5. The summed E-state index contributed by atoms with van der Waals surface area (Å²) < 4.78 is 14.2. The zero-order valence-electron chi connectivity index (χ0n) is 15.0. The van der Waals surface area contributed by atoms with Gasteiger partial charge in [-0.05, 0) is 55.8 Å². The molecule has 0 aliphatic heterocycles. The molecule has 1 amide bonds. The van der Waals surface area contributed by atoms with E-state index in [1.807, 2.05) is 26.0 Å². The largest absolute Gasteiger partial charge is 0.330 e. The van der Waals surface area contributed by atoms with Gasteiger partial charge in [-0.15, -0.1) is 0 Å². The molecule has 2 heterocycles. The Bertz CT molecular complexity index is 985. The number of nitrogens with zero attached hydrogens (tertiary/aromatic N) is 4. The topological polar surface area (TPSA) is 68.1 Å². The van der Waals surface area contributed by atoms with Gasteiger partial charge in [-0.3, -0.25) is 14.6 Å². The highest BCUT2D eigenvalue weighted by atomic mass is 19.1. The van der Waals surface area contributed by atoms with Crippen molar-refractivity contribution in [3.05, 3.63) is 88.4 Å². The first-order valence-corrected chi connectivity index (χ1v) is 8.52. The minimum Gasteiger partial charge on any atom is -0.330 e. The van der Waals surface area contributed by atoms with Gasteiger partial charge in [-0.25, -0.2) is 4.39 Å². The van der Waals surface area contributed by atoms with Crippen LogP contribution >= 0.6 is 0 Å². The summed E-state index contributed by atoms with van der Waals surface area (Å²) in [6.07, 6.45) is 3.38. The van der Waals surface area contributed by atoms with E-state index in [0.717, 1.165) is 10.2 Å². The molecular formula is C20H19FN4O2. The number of aromatic nitrogens is 3. The quantitative estimate of drug-likeness (QED) is 0.696. The van der Waals surface area contributed by atoms with Crippen molar-refractivity contribution in [1.29, 1.82) is 0 Å². The summed E-state index contributed by atoms with van der Waals surface area (Å²) >= 11 is 0. The van der Waals surface area contributed by atoms with E-state index >= 15 is 0 Å². The normalized spacial score (nSPS) is 10.8. The van der Waals surface area contributed by atoms with Crippen LogP contribution in [0.4, 0.5) is 4.39 Å². The lowest BCUT2D eigenvalue weighted by Gasteiger charge is -2.26. The molecule has 2 aromatic heterocycles. The highest BCUT2D eigenvalue weighted by molar-refractivity contribution is 5.92. The summed E-state index contributed by atoms with van der Waals surface area (Å²) in [4.78, 5) is 30.9. The Balaban J connectivity index is 1.94. The number of hydrogen-bond acceptors (Lipinski definition) is 4. The van der Waals surface area contributed by atoms with Gasteiger partial charge in [0.15, 0.2) is 0 Å². The Morgan fingerprint density at radius 3 is 2.52 bits per heavy atom. The van der Waals surface area contributed by atoms with Gasteiger partial charge >= 0.3 is 0 Å². The predicted octanol–water partition coefficient (Wildman–Crippen LogP) is 2.82. The maximum Gasteiger partial charge on any atom is 0.274 e. The minimum absolute atomic E-state index is 0.0781. The summed E-state index contributed by atoms with van der Waals surface area (Å²) in [6.45, 7) is 4.19. The van der Waals surface area contributed by atoms with Crippen molar-refractivity contribution < 1.29 is 9.18 Å². The average Bonchev–Trinajstić information content (AvgIpc) is 2.67. The van der Waals surface area contributed by atoms with Crippen LogP contribution in [0.25, 0.3) is 5.69 Å². The molecule has 7 heteroatoms. The molecule has 3 rings (SSSR count). The number of amides is 1. The lowest BCUT2D eigenvalue weighted by atomic mass is 10.2. The number of halogens is 1. The lowest BCUT2D eigenvalue weighted by molar-refractivity contribution is 0.0682. The molecular weight excluding hydrogens is 347 g/mol. The van der Waals surface area contributed by atoms with Crippen LogP contribution in [0, 0.1) is 5.82 Å². The Hall–Kier alpha value is -3.35.